The van der Waals surface area contributed by atoms with Crippen LogP contribution < -0.4 is 0 Å². The molecule has 10 heteroatoms. The summed E-state index contributed by atoms with van der Waals surface area (Å²) in [6.07, 6.45) is -3.08. The van der Waals surface area contributed by atoms with Gasteiger partial charge in [0.05, 0.1) is 21.5 Å². The van der Waals surface area contributed by atoms with E-state index < -0.39 is 23.1 Å². The first kappa shape index (κ1) is 22.5. The van der Waals surface area contributed by atoms with Crippen molar-refractivity contribution in [3.63, 3.8) is 0 Å². The molecule has 0 saturated heterocycles. The highest BCUT2D eigenvalue weighted by Crippen LogP contribution is 2.39. The summed E-state index contributed by atoms with van der Waals surface area (Å²) in [5.41, 5.74) is 1.88. The van der Waals surface area contributed by atoms with Crippen LogP contribution in [0.5, 0.6) is 0 Å². The van der Waals surface area contributed by atoms with E-state index in [2.05, 4.69) is 9.97 Å². The average Bonchev–Trinajstić information content (AvgIpc) is 3.19. The lowest BCUT2D eigenvalue weighted by atomic mass is 10.00. The van der Waals surface area contributed by atoms with Crippen molar-refractivity contribution in [3.05, 3.63) is 64.4 Å². The van der Waals surface area contributed by atoms with Gasteiger partial charge < -0.3 is 19.0 Å². The van der Waals surface area contributed by atoms with Gasteiger partial charge in [0.1, 0.15) is 5.52 Å². The number of aromatic nitrogens is 2. The van der Waals surface area contributed by atoms with Gasteiger partial charge in [0.25, 0.3) is 5.69 Å². The number of rotatable bonds is 9. The molecule has 0 amide bonds. The molecular weight excluding hydrogens is 430 g/mol. The summed E-state index contributed by atoms with van der Waals surface area (Å²) in [5, 5.41) is 22.3. The Kier molecular flexibility index (Phi) is 6.40. The maximum atomic E-state index is 13.0. The van der Waals surface area contributed by atoms with Gasteiger partial charge in [0.2, 0.25) is 17.8 Å². The van der Waals surface area contributed by atoms with Crippen LogP contribution in [0, 0.1) is 10.1 Å². The number of ketones is 1. The number of nitrogens with zero attached hydrogens (tertiary/aromatic N) is 3. The SMILES string of the molecule is CCOC(OCC)C(=O)C(O)c1oc2nc3ccccc3nc2c1-c1cccc([N+](=O)[O-])c1. The predicted molar refractivity (Wildman–Crippen MR) is 118 cm³/mol. The van der Waals surface area contributed by atoms with Gasteiger partial charge >= 0.3 is 0 Å². The Labute approximate surface area is 187 Å². The topological polar surface area (TPSA) is 138 Å². The number of ether oxygens (including phenoxy) is 2. The second-order valence-corrected chi connectivity index (χ2v) is 7.06. The van der Waals surface area contributed by atoms with Crippen LogP contribution in [-0.2, 0) is 14.3 Å². The second-order valence-electron chi connectivity index (χ2n) is 7.06. The maximum absolute atomic E-state index is 13.0. The van der Waals surface area contributed by atoms with E-state index >= 15 is 0 Å². The van der Waals surface area contributed by atoms with Crippen LogP contribution >= 0.6 is 0 Å². The van der Waals surface area contributed by atoms with Crippen LogP contribution in [0.1, 0.15) is 25.7 Å². The molecule has 33 heavy (non-hydrogen) atoms. The molecule has 0 saturated carbocycles. The Balaban J connectivity index is 1.94. The van der Waals surface area contributed by atoms with Crippen molar-refractivity contribution in [1.82, 2.24) is 9.97 Å². The third-order valence-corrected chi connectivity index (χ3v) is 4.96. The summed E-state index contributed by atoms with van der Waals surface area (Å²) in [7, 11) is 0. The quantitative estimate of drug-likeness (QED) is 0.228. The highest BCUT2D eigenvalue weighted by molar-refractivity contribution is 5.98. The van der Waals surface area contributed by atoms with Gasteiger partial charge in [0.15, 0.2) is 11.9 Å². The number of benzene rings is 2. The van der Waals surface area contributed by atoms with Gasteiger partial charge in [0, 0.05) is 25.3 Å². The fraction of sp³-hybridized carbons (Fsp3) is 0.261. The molecule has 10 nitrogen and oxygen atoms in total. The molecule has 1 N–H and O–H groups in total. The van der Waals surface area contributed by atoms with Crippen LogP contribution in [0.25, 0.3) is 33.4 Å². The standard InChI is InChI=1S/C23H21N3O7/c1-3-31-23(32-4-2)20(28)19(27)21-17(13-8-7-9-14(12-13)26(29)30)18-22(33-21)25-16-11-6-5-10-15(16)24-18/h5-12,19,23,27H,3-4H2,1-2H3. The highest BCUT2D eigenvalue weighted by Gasteiger charge is 2.34. The highest BCUT2D eigenvalue weighted by atomic mass is 16.7. The Hall–Kier alpha value is -3.73. The number of aliphatic hydroxyl groups excluding tert-OH is 1. The minimum absolute atomic E-state index is 0.0847. The molecule has 2 aromatic carbocycles. The summed E-state index contributed by atoms with van der Waals surface area (Å²) in [6.45, 7) is 3.77. The first-order chi connectivity index (χ1) is 15.9. The van der Waals surface area contributed by atoms with Gasteiger partial charge in [-0.1, -0.05) is 24.3 Å². The van der Waals surface area contributed by atoms with E-state index in [-0.39, 0.29) is 41.5 Å². The van der Waals surface area contributed by atoms with E-state index in [1.165, 1.54) is 18.2 Å². The molecule has 2 aromatic heterocycles. The van der Waals surface area contributed by atoms with E-state index in [0.717, 1.165) is 0 Å². The number of para-hydroxylation sites is 2. The third kappa shape index (κ3) is 4.31. The molecule has 4 rings (SSSR count). The molecular formula is C23H21N3O7. The van der Waals surface area contributed by atoms with Gasteiger partial charge in [-0.2, -0.15) is 0 Å². The normalized spacial score (nSPS) is 12.5. The fourth-order valence-corrected chi connectivity index (χ4v) is 3.51. The summed E-state index contributed by atoms with van der Waals surface area (Å²) in [5.74, 6) is -0.913. The smallest absolute Gasteiger partial charge is 0.270 e. The molecule has 0 aliphatic carbocycles. The third-order valence-electron chi connectivity index (χ3n) is 4.96. The zero-order valence-electron chi connectivity index (χ0n) is 17.9. The van der Waals surface area contributed by atoms with Crippen molar-refractivity contribution in [2.75, 3.05) is 13.2 Å². The zero-order chi connectivity index (χ0) is 23.5. The number of carbonyl (C=O) groups excluding carboxylic acids is 1. The van der Waals surface area contributed by atoms with E-state index in [0.29, 0.717) is 16.6 Å². The van der Waals surface area contributed by atoms with E-state index in [1.807, 2.05) is 0 Å². The number of carbonyl (C=O) groups is 1. The summed E-state index contributed by atoms with van der Waals surface area (Å²) < 4.78 is 16.5. The summed E-state index contributed by atoms with van der Waals surface area (Å²) in [4.78, 5) is 32.8. The van der Waals surface area contributed by atoms with Gasteiger partial charge in [-0.15, -0.1) is 0 Å². The Bertz CT molecular complexity index is 1330. The number of nitro groups is 1. The number of non-ortho nitro benzene ring substituents is 1. The molecule has 4 aromatic rings. The second kappa shape index (κ2) is 9.41. The summed E-state index contributed by atoms with van der Waals surface area (Å²) in [6, 6.07) is 12.9. The summed E-state index contributed by atoms with van der Waals surface area (Å²) >= 11 is 0. The van der Waals surface area contributed by atoms with Crippen molar-refractivity contribution >= 4 is 33.7 Å². The van der Waals surface area contributed by atoms with Gasteiger partial charge in [-0.25, -0.2) is 9.97 Å². The van der Waals surface area contributed by atoms with Crippen LogP contribution in [0.3, 0.4) is 0 Å². The van der Waals surface area contributed by atoms with E-state index in [4.69, 9.17) is 13.9 Å². The van der Waals surface area contributed by atoms with Gasteiger partial charge in [-0.3, -0.25) is 14.9 Å². The Morgan fingerprint density at radius 2 is 1.76 bits per heavy atom. The molecule has 0 aliphatic rings. The molecule has 1 atom stereocenters. The number of hydrogen-bond acceptors (Lipinski definition) is 9. The van der Waals surface area contributed by atoms with E-state index in [1.54, 1.807) is 44.2 Å². The number of furan rings is 1. The molecule has 170 valence electrons. The Morgan fingerprint density at radius 3 is 2.39 bits per heavy atom. The molecule has 0 fully saturated rings. The van der Waals surface area contributed by atoms with Crippen molar-refractivity contribution in [1.29, 1.82) is 0 Å². The maximum Gasteiger partial charge on any atom is 0.270 e. The molecule has 0 spiro atoms. The monoisotopic (exact) mass is 451 g/mol. The average molecular weight is 451 g/mol. The molecule has 0 bridgehead atoms. The Morgan fingerprint density at radius 1 is 1.09 bits per heavy atom. The largest absolute Gasteiger partial charge is 0.437 e. The minimum Gasteiger partial charge on any atom is -0.437 e. The zero-order valence-corrected chi connectivity index (χ0v) is 17.9. The molecule has 1 unspecified atom stereocenters. The van der Waals surface area contributed by atoms with Crippen molar-refractivity contribution in [2.45, 2.75) is 26.2 Å². The molecule has 0 radical (unpaired) electrons. The number of Topliss-reactive ketones (excluding diaryl/α,β-unsaturated/α-hetero) is 1. The van der Waals surface area contributed by atoms with Crippen LogP contribution in [0.15, 0.2) is 52.9 Å². The number of fused-ring (bicyclic) bond motifs is 2. The fourth-order valence-electron chi connectivity index (χ4n) is 3.51. The molecule has 2 heterocycles. The number of aliphatic hydroxyl groups is 1. The first-order valence-electron chi connectivity index (χ1n) is 10.3. The van der Waals surface area contributed by atoms with E-state index in [9.17, 15) is 20.0 Å². The van der Waals surface area contributed by atoms with Crippen LogP contribution in [0.2, 0.25) is 0 Å². The lowest BCUT2D eigenvalue weighted by Crippen LogP contribution is -2.32. The minimum atomic E-state index is -1.78. The lowest BCUT2D eigenvalue weighted by Gasteiger charge is -2.18. The van der Waals surface area contributed by atoms with Crippen molar-refractivity contribution in [2.24, 2.45) is 0 Å². The van der Waals surface area contributed by atoms with Crippen molar-refractivity contribution < 1.29 is 28.7 Å². The van der Waals surface area contributed by atoms with Gasteiger partial charge in [-0.05, 0) is 31.5 Å². The number of nitro benzene ring substituents is 1. The van der Waals surface area contributed by atoms with Crippen LogP contribution in [0.4, 0.5) is 5.69 Å². The lowest BCUT2D eigenvalue weighted by molar-refractivity contribution is -0.384. The van der Waals surface area contributed by atoms with Crippen LogP contribution in [-0.4, -0.2) is 45.3 Å². The molecule has 0 aliphatic heterocycles. The first-order valence-corrected chi connectivity index (χ1v) is 10.3. The number of hydrogen-bond donors (Lipinski definition) is 1. The van der Waals surface area contributed by atoms with Crippen molar-refractivity contribution in [3.8, 4) is 11.1 Å². The predicted octanol–water partition coefficient (Wildman–Crippen LogP) is 3.95.